The third-order valence-corrected chi connectivity index (χ3v) is 6.59. The van der Waals surface area contributed by atoms with Gasteiger partial charge in [-0.05, 0) is 32.4 Å². The molecule has 2 saturated heterocycles. The van der Waals surface area contributed by atoms with Gasteiger partial charge in [0.1, 0.15) is 0 Å². The van der Waals surface area contributed by atoms with Gasteiger partial charge in [0.05, 0.1) is 28.8 Å². The summed E-state index contributed by atoms with van der Waals surface area (Å²) in [5.41, 5.74) is 2.63. The van der Waals surface area contributed by atoms with Crippen molar-refractivity contribution < 1.29 is 37.0 Å². The van der Waals surface area contributed by atoms with Crippen molar-refractivity contribution in [3.8, 4) is 0 Å². The van der Waals surface area contributed by atoms with Gasteiger partial charge in [-0.15, -0.1) is 11.8 Å². The van der Waals surface area contributed by atoms with Crippen LogP contribution in [-0.2, 0) is 16.1 Å². The van der Waals surface area contributed by atoms with Crippen molar-refractivity contribution in [2.75, 3.05) is 18.8 Å². The van der Waals surface area contributed by atoms with Crippen LogP contribution in [0.5, 0.6) is 0 Å². The molecule has 1 N–H and O–H groups in total. The number of carboxylic acids is 1. The first-order valence-electron chi connectivity index (χ1n) is 9.67. The second-order valence-electron chi connectivity index (χ2n) is 7.63. The standard InChI is InChI=1S/C18H21N3O3S.C2HF3O2/c1-12-4-3-5-14(20-12)7-23-15-6-18(25-8-15)9-21(10-18)17(22)16-13(2)19-11-24-16;3-2(4,5)1(6)7/h3-5,11,15H,6-10H2,1-2H3;(H,6,7). The van der Waals surface area contributed by atoms with Crippen molar-refractivity contribution in [1.29, 1.82) is 0 Å². The van der Waals surface area contributed by atoms with E-state index in [0.717, 1.165) is 36.7 Å². The molecule has 0 radical (unpaired) electrons. The van der Waals surface area contributed by atoms with Crippen LogP contribution >= 0.6 is 11.8 Å². The first-order chi connectivity index (χ1) is 15.0. The third kappa shape index (κ3) is 5.80. The van der Waals surface area contributed by atoms with Gasteiger partial charge in [0, 0.05) is 24.5 Å². The van der Waals surface area contributed by atoms with Gasteiger partial charge in [-0.2, -0.15) is 13.2 Å². The molecule has 0 bridgehead atoms. The number of aromatic nitrogens is 2. The molecule has 8 nitrogen and oxygen atoms in total. The molecular formula is C20H22F3N3O5S. The van der Waals surface area contributed by atoms with Crippen LogP contribution in [0.1, 0.15) is 34.1 Å². The smallest absolute Gasteiger partial charge is 0.475 e. The molecule has 0 saturated carbocycles. The molecule has 2 aromatic rings. The number of hydrogen-bond donors (Lipinski definition) is 1. The maximum Gasteiger partial charge on any atom is 0.490 e. The predicted molar refractivity (Wildman–Crippen MR) is 108 cm³/mol. The quantitative estimate of drug-likeness (QED) is 0.722. The number of hydrogen-bond acceptors (Lipinski definition) is 7. The predicted octanol–water partition coefficient (Wildman–Crippen LogP) is 3.24. The van der Waals surface area contributed by atoms with Crippen molar-refractivity contribution in [3.63, 3.8) is 0 Å². The molecule has 32 heavy (non-hydrogen) atoms. The van der Waals surface area contributed by atoms with E-state index < -0.39 is 12.1 Å². The highest BCUT2D eigenvalue weighted by molar-refractivity contribution is 8.01. The summed E-state index contributed by atoms with van der Waals surface area (Å²) in [4.78, 5) is 31.6. The lowest BCUT2D eigenvalue weighted by atomic mass is 9.92. The molecule has 174 valence electrons. The number of amides is 1. The Hall–Kier alpha value is -2.60. The minimum absolute atomic E-state index is 0.0606. The Morgan fingerprint density at radius 3 is 2.59 bits per heavy atom. The van der Waals surface area contributed by atoms with E-state index in [9.17, 15) is 18.0 Å². The Labute approximate surface area is 186 Å². The topological polar surface area (TPSA) is 106 Å². The maximum absolute atomic E-state index is 12.4. The number of nitrogens with zero attached hydrogens (tertiary/aromatic N) is 3. The van der Waals surface area contributed by atoms with Crippen molar-refractivity contribution in [1.82, 2.24) is 14.9 Å². The summed E-state index contributed by atoms with van der Waals surface area (Å²) in [5.74, 6) is -1.49. The summed E-state index contributed by atoms with van der Waals surface area (Å²) in [6.45, 7) is 5.82. The molecular weight excluding hydrogens is 451 g/mol. The highest BCUT2D eigenvalue weighted by atomic mass is 32.2. The van der Waals surface area contributed by atoms with Crippen LogP contribution in [0.15, 0.2) is 29.0 Å². The fourth-order valence-corrected chi connectivity index (χ4v) is 5.01. The number of carbonyl (C=O) groups excluding carboxylic acids is 1. The largest absolute Gasteiger partial charge is 0.490 e. The minimum atomic E-state index is -5.08. The van der Waals surface area contributed by atoms with Crippen molar-refractivity contribution in [2.24, 2.45) is 0 Å². The van der Waals surface area contributed by atoms with E-state index in [1.807, 2.05) is 41.8 Å². The van der Waals surface area contributed by atoms with Gasteiger partial charge in [-0.25, -0.2) is 9.78 Å². The lowest BCUT2D eigenvalue weighted by Gasteiger charge is -2.47. The van der Waals surface area contributed by atoms with Crippen LogP contribution in [-0.4, -0.2) is 67.7 Å². The lowest BCUT2D eigenvalue weighted by Crippen LogP contribution is -2.60. The first kappa shape index (κ1) is 24.1. The second-order valence-corrected chi connectivity index (χ2v) is 9.12. The van der Waals surface area contributed by atoms with Gasteiger partial charge in [0.15, 0.2) is 6.39 Å². The maximum atomic E-state index is 12.4. The average Bonchev–Trinajstić information content (AvgIpc) is 3.31. The highest BCUT2D eigenvalue weighted by Gasteiger charge is 2.51. The normalized spacial score (nSPS) is 19.3. The number of rotatable bonds is 4. The van der Waals surface area contributed by atoms with Gasteiger partial charge >= 0.3 is 12.1 Å². The minimum Gasteiger partial charge on any atom is -0.475 e. The molecule has 2 fully saturated rings. The van der Waals surface area contributed by atoms with E-state index in [4.69, 9.17) is 19.1 Å². The number of likely N-dealkylation sites (tertiary alicyclic amines) is 1. The van der Waals surface area contributed by atoms with E-state index in [1.54, 1.807) is 6.92 Å². The Kier molecular flexibility index (Phi) is 7.13. The number of oxazole rings is 1. The van der Waals surface area contributed by atoms with Gasteiger partial charge in [-0.3, -0.25) is 9.78 Å². The Bertz CT molecular complexity index is 975. The number of carboxylic acid groups (broad SMARTS) is 1. The summed E-state index contributed by atoms with van der Waals surface area (Å²) < 4.78 is 43.1. The molecule has 2 aliphatic heterocycles. The van der Waals surface area contributed by atoms with Crippen LogP contribution in [0.25, 0.3) is 0 Å². The number of thioether (sulfide) groups is 1. The summed E-state index contributed by atoms with van der Waals surface area (Å²) in [6.07, 6.45) is -2.56. The van der Waals surface area contributed by atoms with Crippen molar-refractivity contribution in [2.45, 2.75) is 43.9 Å². The number of alkyl halides is 3. The lowest BCUT2D eigenvalue weighted by molar-refractivity contribution is -0.192. The summed E-state index contributed by atoms with van der Waals surface area (Å²) in [7, 11) is 0. The average molecular weight is 473 g/mol. The Morgan fingerprint density at radius 1 is 1.34 bits per heavy atom. The number of carbonyl (C=O) groups is 2. The van der Waals surface area contributed by atoms with E-state index in [-0.39, 0.29) is 16.8 Å². The van der Waals surface area contributed by atoms with Crippen LogP contribution < -0.4 is 0 Å². The Morgan fingerprint density at radius 2 is 2.03 bits per heavy atom. The summed E-state index contributed by atoms with van der Waals surface area (Å²) in [6, 6.07) is 5.99. The molecule has 1 atom stereocenters. The summed E-state index contributed by atoms with van der Waals surface area (Å²) in [5, 5.41) is 7.12. The number of aliphatic carboxylic acids is 1. The van der Waals surface area contributed by atoms with Crippen molar-refractivity contribution >= 4 is 23.6 Å². The fraction of sp³-hybridized carbons (Fsp3) is 0.500. The zero-order valence-electron chi connectivity index (χ0n) is 17.4. The Balaban J connectivity index is 0.000000360. The monoisotopic (exact) mass is 473 g/mol. The number of ether oxygens (including phenoxy) is 1. The SMILES string of the molecule is Cc1cccc(COC2CSC3(C2)CN(C(=O)c2ocnc2C)C3)n1.O=C(O)C(F)(F)F. The number of aryl methyl sites for hydroxylation is 2. The van der Waals surface area contributed by atoms with Crippen LogP contribution in [0.2, 0.25) is 0 Å². The number of pyridine rings is 1. The van der Waals surface area contributed by atoms with Gasteiger partial charge in [0.25, 0.3) is 5.91 Å². The van der Waals surface area contributed by atoms with Crippen LogP contribution in [0.4, 0.5) is 13.2 Å². The highest BCUT2D eigenvalue weighted by Crippen LogP contribution is 2.46. The zero-order chi connectivity index (χ0) is 23.5. The zero-order valence-corrected chi connectivity index (χ0v) is 18.2. The fourth-order valence-electron chi connectivity index (χ4n) is 3.46. The van der Waals surface area contributed by atoms with Gasteiger partial charge in [-0.1, -0.05) is 6.07 Å². The van der Waals surface area contributed by atoms with Gasteiger partial charge < -0.3 is 19.2 Å². The van der Waals surface area contributed by atoms with E-state index in [0.29, 0.717) is 18.1 Å². The van der Waals surface area contributed by atoms with Crippen molar-refractivity contribution in [3.05, 3.63) is 47.4 Å². The third-order valence-electron chi connectivity index (χ3n) is 5.02. The summed E-state index contributed by atoms with van der Waals surface area (Å²) >= 11 is 1.91. The molecule has 2 aromatic heterocycles. The molecule has 4 rings (SSSR count). The van der Waals surface area contributed by atoms with E-state index in [2.05, 4.69) is 9.97 Å². The molecule has 0 aliphatic carbocycles. The molecule has 0 aromatic carbocycles. The molecule has 1 unspecified atom stereocenters. The molecule has 2 aliphatic rings. The van der Waals surface area contributed by atoms with Gasteiger partial charge in [0.2, 0.25) is 5.76 Å². The molecule has 1 spiro atoms. The first-order valence-corrected chi connectivity index (χ1v) is 10.7. The van der Waals surface area contributed by atoms with E-state index >= 15 is 0 Å². The van der Waals surface area contributed by atoms with Crippen LogP contribution in [0, 0.1) is 13.8 Å². The molecule has 1 amide bonds. The number of halogens is 3. The second kappa shape index (κ2) is 9.49. The molecule has 4 heterocycles. The van der Waals surface area contributed by atoms with Crippen LogP contribution in [0.3, 0.4) is 0 Å². The molecule has 12 heteroatoms. The van der Waals surface area contributed by atoms with E-state index in [1.165, 1.54) is 6.39 Å².